The molecule has 0 saturated carbocycles. The average molecular weight is 645 g/mol. The second-order valence-electron chi connectivity index (χ2n) is 8.65. The van der Waals surface area contributed by atoms with E-state index in [9.17, 15) is 40.5 Å². The summed E-state index contributed by atoms with van der Waals surface area (Å²) < 4.78 is 9.63. The fraction of sp³-hybridized carbons (Fsp3) is 0.167. The number of hydrogen-bond donors (Lipinski definition) is 0. The minimum atomic E-state index is -1.76. The van der Waals surface area contributed by atoms with E-state index in [2.05, 4.69) is 10.2 Å². The molecular weight excluding hydrogens is 628 g/mol. The number of nitrogens with zero attached hydrogens (tertiary/aromatic N) is 6. The van der Waals surface area contributed by atoms with Gasteiger partial charge in [-0.15, -0.1) is 23.5 Å². The van der Waals surface area contributed by atoms with Crippen LogP contribution in [-0.4, -0.2) is 23.2 Å². The number of nitro benzene ring substituents is 2. The number of hydrogen-bond acceptors (Lipinski definition) is 15. The standard InChI is InChI=1S/C24H16N6O10S3/c31-27(32)17-6-3-4-15(12-17)13-41-24(42-14-16-5-1-2-7-18(16)28(33)34)26-25-23(43-24,19-8-10-21(39-19)29(35)36)20-9-11-22(40-20)30(37)38/h1-12H,13-14H2. The zero-order chi connectivity index (χ0) is 30.8. The summed E-state index contributed by atoms with van der Waals surface area (Å²) in [6.07, 6.45) is 0. The Morgan fingerprint density at radius 3 is 1.91 bits per heavy atom. The summed E-state index contributed by atoms with van der Waals surface area (Å²) in [6.45, 7) is 0. The van der Waals surface area contributed by atoms with Gasteiger partial charge in [0.15, 0.2) is 11.5 Å². The fourth-order valence-electron chi connectivity index (χ4n) is 3.97. The number of nitro groups is 4. The largest absolute Gasteiger partial charge is 0.433 e. The Morgan fingerprint density at radius 1 is 0.698 bits per heavy atom. The first-order chi connectivity index (χ1) is 20.5. The molecule has 43 heavy (non-hydrogen) atoms. The Morgan fingerprint density at radius 2 is 1.33 bits per heavy atom. The van der Waals surface area contributed by atoms with Crippen molar-refractivity contribution in [3.63, 3.8) is 0 Å². The first-order valence-electron chi connectivity index (χ1n) is 11.9. The number of azo groups is 1. The maximum atomic E-state index is 11.6. The molecule has 4 aromatic rings. The topological polar surface area (TPSA) is 224 Å². The van der Waals surface area contributed by atoms with E-state index in [1.165, 1.54) is 54.2 Å². The molecule has 0 saturated heterocycles. The molecule has 0 radical (unpaired) electrons. The molecule has 3 heterocycles. The molecule has 0 spiro atoms. The van der Waals surface area contributed by atoms with Gasteiger partial charge in [-0.3, -0.25) is 40.5 Å². The molecule has 0 aliphatic carbocycles. The summed E-state index contributed by atoms with van der Waals surface area (Å²) in [5.74, 6) is -1.18. The third-order valence-electron chi connectivity index (χ3n) is 5.94. The van der Waals surface area contributed by atoms with Crippen LogP contribution in [0.15, 0.2) is 91.9 Å². The van der Waals surface area contributed by atoms with Gasteiger partial charge in [0, 0.05) is 35.3 Å². The molecule has 19 heteroatoms. The van der Waals surface area contributed by atoms with Crippen molar-refractivity contribution in [2.45, 2.75) is 19.9 Å². The van der Waals surface area contributed by atoms with E-state index in [0.29, 0.717) is 11.1 Å². The van der Waals surface area contributed by atoms with Crippen LogP contribution in [0.4, 0.5) is 23.1 Å². The van der Waals surface area contributed by atoms with Crippen molar-refractivity contribution in [1.82, 2.24) is 0 Å². The van der Waals surface area contributed by atoms with E-state index in [1.54, 1.807) is 18.2 Å². The normalized spacial score (nSPS) is 17.1. The Labute approximate surface area is 252 Å². The number of para-hydroxylation sites is 1. The van der Waals surface area contributed by atoms with E-state index in [0.717, 1.165) is 35.7 Å². The van der Waals surface area contributed by atoms with Crippen molar-refractivity contribution < 1.29 is 28.5 Å². The van der Waals surface area contributed by atoms with E-state index in [4.69, 9.17) is 8.83 Å². The molecule has 1 unspecified atom stereocenters. The molecular formula is C24H16N6O10S3. The number of non-ortho nitro benzene ring substituents is 1. The van der Waals surface area contributed by atoms with Crippen molar-refractivity contribution in [3.8, 4) is 0 Å². The lowest BCUT2D eigenvalue weighted by atomic mass is 10.2. The van der Waals surface area contributed by atoms with Crippen molar-refractivity contribution in [3.05, 3.63) is 136 Å². The van der Waals surface area contributed by atoms with Crippen LogP contribution in [0.5, 0.6) is 0 Å². The molecule has 0 fully saturated rings. The van der Waals surface area contributed by atoms with E-state index in [1.807, 2.05) is 0 Å². The summed E-state index contributed by atoms with van der Waals surface area (Å²) in [4.78, 5) is 41.4. The highest BCUT2D eigenvalue weighted by atomic mass is 32.3. The third-order valence-corrected chi connectivity index (χ3v) is 10.8. The highest BCUT2D eigenvalue weighted by molar-refractivity contribution is 8.33. The van der Waals surface area contributed by atoms with Crippen LogP contribution >= 0.6 is 35.3 Å². The molecule has 16 nitrogen and oxygen atoms in total. The summed E-state index contributed by atoms with van der Waals surface area (Å²) in [5, 5.41) is 54.6. The smallest absolute Gasteiger partial charge is 0.402 e. The lowest BCUT2D eigenvalue weighted by Gasteiger charge is -2.27. The van der Waals surface area contributed by atoms with Crippen LogP contribution in [0.2, 0.25) is 0 Å². The second kappa shape index (κ2) is 11.9. The maximum absolute atomic E-state index is 11.6. The first kappa shape index (κ1) is 29.7. The van der Waals surface area contributed by atoms with Gasteiger partial charge in [-0.1, -0.05) is 42.1 Å². The minimum Gasteiger partial charge on any atom is -0.402 e. The van der Waals surface area contributed by atoms with Crippen LogP contribution in [0.1, 0.15) is 22.6 Å². The van der Waals surface area contributed by atoms with Gasteiger partial charge in [0.05, 0.1) is 22.0 Å². The van der Waals surface area contributed by atoms with Crippen LogP contribution < -0.4 is 0 Å². The van der Waals surface area contributed by atoms with Gasteiger partial charge < -0.3 is 8.83 Å². The molecule has 2 aromatic heterocycles. The number of benzene rings is 2. The number of thioether (sulfide) groups is 3. The highest BCUT2D eigenvalue weighted by Gasteiger charge is 2.56. The molecule has 1 aliphatic rings. The summed E-state index contributed by atoms with van der Waals surface area (Å²) >= 11 is 3.30. The van der Waals surface area contributed by atoms with E-state index in [-0.39, 0.29) is 34.4 Å². The lowest BCUT2D eigenvalue weighted by molar-refractivity contribution is -0.402. The van der Waals surface area contributed by atoms with Crippen molar-refractivity contribution in [1.29, 1.82) is 0 Å². The van der Waals surface area contributed by atoms with Crippen LogP contribution in [0, 0.1) is 40.5 Å². The Kier molecular flexibility index (Phi) is 8.20. The summed E-state index contributed by atoms with van der Waals surface area (Å²) in [5.41, 5.74) is 0.702. The SMILES string of the molecule is O=[N+]([O-])c1cccc(CSC2(SCc3ccccc3[N+](=O)[O-])N=NC(c3ccc([N+](=O)[O-])o3)(c3ccc([N+](=O)[O-])o3)S2)c1. The predicted molar refractivity (Wildman–Crippen MR) is 155 cm³/mol. The van der Waals surface area contributed by atoms with Gasteiger partial charge in [-0.2, -0.15) is 10.2 Å². The zero-order valence-corrected chi connectivity index (χ0v) is 23.8. The van der Waals surface area contributed by atoms with Crippen molar-refractivity contribution in [2.24, 2.45) is 10.2 Å². The molecule has 1 atom stereocenters. The maximum Gasteiger partial charge on any atom is 0.433 e. The average Bonchev–Trinajstić information content (AvgIpc) is 3.75. The van der Waals surface area contributed by atoms with Crippen LogP contribution in [0.25, 0.3) is 0 Å². The minimum absolute atomic E-state index is 0.0673. The van der Waals surface area contributed by atoms with Crippen LogP contribution in [0.3, 0.4) is 0 Å². The molecule has 5 rings (SSSR count). The summed E-state index contributed by atoms with van der Waals surface area (Å²) in [6, 6.07) is 16.8. The molecule has 220 valence electrons. The third kappa shape index (κ3) is 6.08. The van der Waals surface area contributed by atoms with E-state index < -0.39 is 39.9 Å². The first-order valence-corrected chi connectivity index (χ1v) is 14.7. The number of furan rings is 2. The van der Waals surface area contributed by atoms with Gasteiger partial charge in [0.1, 0.15) is 9.85 Å². The fourth-order valence-corrected chi connectivity index (χ4v) is 8.47. The Hall–Kier alpha value is -4.75. The van der Waals surface area contributed by atoms with Crippen molar-refractivity contribution in [2.75, 3.05) is 0 Å². The second-order valence-corrected chi connectivity index (χ2v) is 13.1. The number of rotatable bonds is 12. The van der Waals surface area contributed by atoms with Gasteiger partial charge >= 0.3 is 11.8 Å². The molecule has 0 bridgehead atoms. The molecule has 2 aromatic carbocycles. The summed E-state index contributed by atoms with van der Waals surface area (Å²) in [7, 11) is 0. The quantitative estimate of drug-likeness (QED) is 0.0834. The highest BCUT2D eigenvalue weighted by Crippen LogP contribution is 2.65. The Bertz CT molecular complexity index is 1720. The van der Waals surface area contributed by atoms with Crippen LogP contribution in [-0.2, 0) is 16.4 Å². The zero-order valence-electron chi connectivity index (χ0n) is 21.3. The van der Waals surface area contributed by atoms with E-state index >= 15 is 0 Å². The Balaban J connectivity index is 1.56. The van der Waals surface area contributed by atoms with Gasteiger partial charge in [-0.05, 0) is 17.7 Å². The van der Waals surface area contributed by atoms with Gasteiger partial charge in [-0.25, -0.2) is 0 Å². The lowest BCUT2D eigenvalue weighted by Crippen LogP contribution is -2.21. The molecule has 0 N–H and O–H groups in total. The van der Waals surface area contributed by atoms with Crippen molar-refractivity contribution >= 4 is 58.4 Å². The molecule has 0 amide bonds. The predicted octanol–water partition coefficient (Wildman–Crippen LogP) is 7.38. The monoisotopic (exact) mass is 644 g/mol. The van der Waals surface area contributed by atoms with Gasteiger partial charge in [0.2, 0.25) is 8.41 Å². The molecule has 1 aliphatic heterocycles. The van der Waals surface area contributed by atoms with Gasteiger partial charge in [0.25, 0.3) is 11.4 Å².